The average Bonchev–Trinajstić information content (AvgIpc) is 2.26. The van der Waals surface area contributed by atoms with Crippen molar-refractivity contribution in [3.05, 3.63) is 28.8 Å². The van der Waals surface area contributed by atoms with Crippen LogP contribution < -0.4 is 0 Å². The number of alkyl halides is 4. The number of carbonyl (C=O) groups excluding carboxylic acids is 1. The van der Waals surface area contributed by atoms with E-state index in [0.29, 0.717) is 0 Å². The van der Waals surface area contributed by atoms with Gasteiger partial charge in [-0.25, -0.2) is 0 Å². The van der Waals surface area contributed by atoms with Gasteiger partial charge >= 0.3 is 6.18 Å². The van der Waals surface area contributed by atoms with Crippen LogP contribution in [0.4, 0.5) is 13.2 Å². The molecule has 3 nitrogen and oxygen atoms in total. The number of nitrogens with zero attached hydrogens (tertiary/aromatic N) is 1. The number of hydrogen-bond donors (Lipinski definition) is 1. The summed E-state index contributed by atoms with van der Waals surface area (Å²) in [5, 5.41) is 17.9. The van der Waals surface area contributed by atoms with Gasteiger partial charge in [0, 0.05) is 0 Å². The molecule has 0 heterocycles. The number of nitriles is 1. The topological polar surface area (TPSA) is 61.1 Å². The van der Waals surface area contributed by atoms with Crippen LogP contribution in [-0.2, 0) is 6.18 Å². The van der Waals surface area contributed by atoms with Crippen LogP contribution in [0, 0.1) is 11.3 Å². The Balaban J connectivity index is 3.68. The third kappa shape index (κ3) is 2.50. The minimum absolute atomic E-state index is 0.717. The molecule has 1 N–H and O–H groups in total. The summed E-state index contributed by atoms with van der Waals surface area (Å²) in [4.78, 5) is 11.3. The molecule has 0 atom stereocenters. The van der Waals surface area contributed by atoms with E-state index < -0.39 is 40.3 Å². The number of hydrogen-bond acceptors (Lipinski definition) is 3. The molecule has 1 rings (SSSR count). The van der Waals surface area contributed by atoms with Gasteiger partial charge in [-0.2, -0.15) is 18.4 Å². The highest BCUT2D eigenvalue weighted by Gasteiger charge is 2.39. The molecule has 0 saturated heterocycles. The first kappa shape index (κ1) is 13.3. The van der Waals surface area contributed by atoms with Gasteiger partial charge < -0.3 is 5.11 Å². The predicted octanol–water partition coefficient (Wildman–Crippen LogP) is 2.70. The summed E-state index contributed by atoms with van der Waals surface area (Å²) >= 11 is 5.17. The maximum Gasteiger partial charge on any atom is 0.418 e. The van der Waals surface area contributed by atoms with E-state index in [1.54, 1.807) is 0 Å². The number of halogens is 4. The second-order valence-corrected chi connectivity index (χ2v) is 3.32. The summed E-state index contributed by atoms with van der Waals surface area (Å²) < 4.78 is 38.1. The second kappa shape index (κ2) is 4.63. The quantitative estimate of drug-likeness (QED) is 0.659. The van der Waals surface area contributed by atoms with E-state index in [0.717, 1.165) is 12.1 Å². The van der Waals surface area contributed by atoms with Crippen molar-refractivity contribution in [3.63, 3.8) is 0 Å². The van der Waals surface area contributed by atoms with Crippen LogP contribution in [0.15, 0.2) is 12.1 Å². The van der Waals surface area contributed by atoms with Crippen LogP contribution in [-0.4, -0.2) is 16.8 Å². The molecule has 0 amide bonds. The van der Waals surface area contributed by atoms with E-state index in [9.17, 15) is 23.1 Å². The van der Waals surface area contributed by atoms with Crippen LogP contribution in [0.1, 0.15) is 21.5 Å². The maximum absolute atomic E-state index is 12.7. The molecular formula is C10H5ClF3NO2. The van der Waals surface area contributed by atoms with E-state index in [2.05, 4.69) is 0 Å². The van der Waals surface area contributed by atoms with Gasteiger partial charge in [-0.15, -0.1) is 11.6 Å². The lowest BCUT2D eigenvalue weighted by atomic mass is 9.97. The van der Waals surface area contributed by atoms with Crippen LogP contribution in [0.25, 0.3) is 0 Å². The predicted molar refractivity (Wildman–Crippen MR) is 52.9 cm³/mol. The van der Waals surface area contributed by atoms with Crippen molar-refractivity contribution >= 4 is 17.4 Å². The lowest BCUT2D eigenvalue weighted by molar-refractivity contribution is -0.138. The Hall–Kier alpha value is -1.74. The highest BCUT2D eigenvalue weighted by molar-refractivity contribution is 6.31. The van der Waals surface area contributed by atoms with Crippen molar-refractivity contribution in [3.8, 4) is 11.8 Å². The minimum atomic E-state index is -4.92. The summed E-state index contributed by atoms with van der Waals surface area (Å²) in [5.74, 6) is -2.65. The number of carbonyl (C=O) groups is 1. The fraction of sp³-hybridized carbons (Fsp3) is 0.200. The van der Waals surface area contributed by atoms with Crippen LogP contribution in [0.5, 0.6) is 5.75 Å². The zero-order chi connectivity index (χ0) is 13.2. The maximum atomic E-state index is 12.7. The van der Waals surface area contributed by atoms with Crippen molar-refractivity contribution < 1.29 is 23.1 Å². The standard InChI is InChI=1S/C10H5ClF3NO2/c11-3-7(17)8-6(16)2-1-5(4-15)9(8)10(12,13)14/h1-2,16H,3H2. The summed E-state index contributed by atoms with van der Waals surface area (Å²) in [6.07, 6.45) is -4.92. The van der Waals surface area contributed by atoms with Crippen molar-refractivity contribution in [2.45, 2.75) is 6.18 Å². The van der Waals surface area contributed by atoms with Gasteiger partial charge in [0.2, 0.25) is 0 Å². The fourth-order valence-electron chi connectivity index (χ4n) is 1.33. The number of phenolic OH excluding ortho intramolecular Hbond substituents is 1. The second-order valence-electron chi connectivity index (χ2n) is 3.05. The summed E-state index contributed by atoms with van der Waals surface area (Å²) in [7, 11) is 0. The molecule has 1 aromatic carbocycles. The molecule has 0 unspecified atom stereocenters. The number of Topliss-reactive ketones (excluding diaryl/α,β-unsaturated/α-hetero) is 1. The van der Waals surface area contributed by atoms with Gasteiger partial charge in [0.25, 0.3) is 0 Å². The molecule has 0 aliphatic carbocycles. The first-order chi connectivity index (χ1) is 7.82. The molecular weight excluding hydrogens is 259 g/mol. The highest BCUT2D eigenvalue weighted by atomic mass is 35.5. The molecule has 0 fully saturated rings. The van der Waals surface area contributed by atoms with E-state index in [4.69, 9.17) is 16.9 Å². The smallest absolute Gasteiger partial charge is 0.418 e. The van der Waals surface area contributed by atoms with Crippen molar-refractivity contribution in [2.75, 3.05) is 5.88 Å². The molecule has 1 aromatic rings. The van der Waals surface area contributed by atoms with E-state index in [1.165, 1.54) is 6.07 Å². The Bertz CT molecular complexity index is 505. The van der Waals surface area contributed by atoms with Gasteiger partial charge in [-0.1, -0.05) is 0 Å². The Labute approximate surface area is 99.0 Å². The van der Waals surface area contributed by atoms with Crippen LogP contribution in [0.3, 0.4) is 0 Å². The van der Waals surface area contributed by atoms with Gasteiger partial charge in [0.05, 0.1) is 28.6 Å². The lowest BCUT2D eigenvalue weighted by Crippen LogP contribution is -2.16. The molecule has 7 heteroatoms. The van der Waals surface area contributed by atoms with Gasteiger partial charge in [0.15, 0.2) is 5.78 Å². The van der Waals surface area contributed by atoms with Gasteiger partial charge in [0.1, 0.15) is 5.75 Å². The molecule has 17 heavy (non-hydrogen) atoms. The fourth-order valence-corrected chi connectivity index (χ4v) is 1.46. The Morgan fingerprint density at radius 1 is 1.47 bits per heavy atom. The number of phenols is 1. The number of ketones is 1. The molecule has 0 saturated carbocycles. The Morgan fingerprint density at radius 2 is 2.06 bits per heavy atom. The molecule has 0 bridgehead atoms. The summed E-state index contributed by atoms with van der Waals surface area (Å²) in [6, 6.07) is 2.97. The van der Waals surface area contributed by atoms with Crippen molar-refractivity contribution in [1.29, 1.82) is 5.26 Å². The van der Waals surface area contributed by atoms with Crippen molar-refractivity contribution in [1.82, 2.24) is 0 Å². The van der Waals surface area contributed by atoms with E-state index in [-0.39, 0.29) is 0 Å². The van der Waals surface area contributed by atoms with Crippen LogP contribution in [0.2, 0.25) is 0 Å². The first-order valence-electron chi connectivity index (χ1n) is 4.25. The molecule has 0 aliphatic heterocycles. The largest absolute Gasteiger partial charge is 0.507 e. The average molecular weight is 264 g/mol. The molecule has 0 spiro atoms. The highest BCUT2D eigenvalue weighted by Crippen LogP contribution is 2.38. The van der Waals surface area contributed by atoms with E-state index >= 15 is 0 Å². The van der Waals surface area contributed by atoms with Gasteiger partial charge in [-0.3, -0.25) is 4.79 Å². The van der Waals surface area contributed by atoms with E-state index in [1.807, 2.05) is 0 Å². The van der Waals surface area contributed by atoms with Crippen LogP contribution >= 0.6 is 11.6 Å². The van der Waals surface area contributed by atoms with Gasteiger partial charge in [-0.05, 0) is 12.1 Å². The molecule has 90 valence electrons. The molecule has 0 aromatic heterocycles. The molecule has 0 radical (unpaired) electrons. The molecule has 0 aliphatic rings. The minimum Gasteiger partial charge on any atom is -0.507 e. The zero-order valence-electron chi connectivity index (χ0n) is 8.18. The SMILES string of the molecule is N#Cc1ccc(O)c(C(=O)CCl)c1C(F)(F)F. The third-order valence-electron chi connectivity index (χ3n) is 1.99. The number of aromatic hydroxyl groups is 1. The third-order valence-corrected chi connectivity index (χ3v) is 2.23. The Morgan fingerprint density at radius 3 is 2.47 bits per heavy atom. The normalized spacial score (nSPS) is 11.0. The zero-order valence-corrected chi connectivity index (χ0v) is 8.93. The monoisotopic (exact) mass is 263 g/mol. The lowest BCUT2D eigenvalue weighted by Gasteiger charge is -2.14. The summed E-state index contributed by atoms with van der Waals surface area (Å²) in [5.41, 5.74) is -3.15. The number of rotatable bonds is 2. The number of benzene rings is 1. The first-order valence-corrected chi connectivity index (χ1v) is 4.78. The Kier molecular flexibility index (Phi) is 3.63. The van der Waals surface area contributed by atoms with Crippen molar-refractivity contribution in [2.24, 2.45) is 0 Å². The summed E-state index contributed by atoms with van der Waals surface area (Å²) in [6.45, 7) is 0.